The van der Waals surface area contributed by atoms with Gasteiger partial charge in [0.15, 0.2) is 0 Å². The lowest BCUT2D eigenvalue weighted by atomic mass is 10.00. The molecule has 0 fully saturated rings. The lowest BCUT2D eigenvalue weighted by molar-refractivity contribution is 1.13. The summed E-state index contributed by atoms with van der Waals surface area (Å²) in [4.78, 5) is 0. The molecule has 204 valence electrons. The molecule has 2 heteroatoms. The van der Waals surface area contributed by atoms with Crippen LogP contribution in [0.4, 0.5) is 0 Å². The van der Waals surface area contributed by atoms with Gasteiger partial charge in [-0.15, -0.1) is 0 Å². The number of fused-ring (bicyclic) bond motifs is 6. The molecule has 0 N–H and O–H groups in total. The second-order valence-electron chi connectivity index (χ2n) is 11.0. The van der Waals surface area contributed by atoms with Crippen LogP contribution in [-0.2, 0) is 6.42 Å². The minimum atomic E-state index is 0.893. The Morgan fingerprint density at radius 2 is 1.00 bits per heavy atom. The number of hydrogen-bond donors (Lipinski definition) is 0. The van der Waals surface area contributed by atoms with E-state index in [1.54, 1.807) is 0 Å². The molecule has 0 spiro atoms. The standard InChI is InChI=1S/C41H30N2/c1-2-3-4-13-29-14-11-15-30(26-29)31-24-25-41-37(27-31)36-20-7-10-23-40(36)43(41)33-17-12-16-32(28-33)42-38-21-8-5-18-34(38)35-19-6-9-22-39(35)42/h2-12,14-28H,1,13H2/b4-3-. The number of benzene rings is 6. The third-order valence-corrected chi connectivity index (χ3v) is 8.48. The van der Waals surface area contributed by atoms with E-state index < -0.39 is 0 Å². The van der Waals surface area contributed by atoms with Crippen molar-refractivity contribution < 1.29 is 0 Å². The van der Waals surface area contributed by atoms with Crippen LogP contribution in [0, 0.1) is 0 Å². The molecule has 0 aliphatic carbocycles. The normalized spacial score (nSPS) is 11.8. The Morgan fingerprint density at radius 1 is 0.465 bits per heavy atom. The lowest BCUT2D eigenvalue weighted by Gasteiger charge is -2.13. The second-order valence-corrected chi connectivity index (χ2v) is 11.0. The first-order chi connectivity index (χ1) is 21.3. The third kappa shape index (κ3) is 4.19. The summed E-state index contributed by atoms with van der Waals surface area (Å²) < 4.78 is 4.79. The zero-order valence-electron chi connectivity index (χ0n) is 23.8. The Labute approximate surface area is 251 Å². The summed E-state index contributed by atoms with van der Waals surface area (Å²) in [5.74, 6) is 0. The average molecular weight is 551 g/mol. The van der Waals surface area contributed by atoms with Gasteiger partial charge in [-0.2, -0.15) is 0 Å². The summed E-state index contributed by atoms with van der Waals surface area (Å²) in [6, 6.07) is 50.8. The minimum Gasteiger partial charge on any atom is -0.309 e. The van der Waals surface area contributed by atoms with Gasteiger partial charge in [-0.3, -0.25) is 0 Å². The third-order valence-electron chi connectivity index (χ3n) is 8.48. The molecule has 8 rings (SSSR count). The van der Waals surface area contributed by atoms with Crippen molar-refractivity contribution in [1.82, 2.24) is 9.13 Å². The van der Waals surface area contributed by atoms with Gasteiger partial charge in [0, 0.05) is 32.9 Å². The molecule has 0 amide bonds. The van der Waals surface area contributed by atoms with Gasteiger partial charge in [-0.05, 0) is 71.6 Å². The number of hydrogen-bond acceptors (Lipinski definition) is 0. The fourth-order valence-electron chi connectivity index (χ4n) is 6.58. The van der Waals surface area contributed by atoms with Gasteiger partial charge in [-0.25, -0.2) is 0 Å². The van der Waals surface area contributed by atoms with Crippen molar-refractivity contribution in [1.29, 1.82) is 0 Å². The first-order valence-electron chi connectivity index (χ1n) is 14.8. The molecule has 0 saturated carbocycles. The maximum absolute atomic E-state index is 3.79. The first-order valence-corrected chi connectivity index (χ1v) is 14.8. The SMILES string of the molecule is C=C/C=C\Cc1cccc(-c2ccc3c(c2)c2ccccc2n3-c2cccc(-n3c4ccccc4c4ccccc43)c2)c1. The van der Waals surface area contributed by atoms with Crippen LogP contribution in [-0.4, -0.2) is 9.13 Å². The van der Waals surface area contributed by atoms with Crippen molar-refractivity contribution in [3.8, 4) is 22.5 Å². The fourth-order valence-corrected chi connectivity index (χ4v) is 6.58. The molecule has 43 heavy (non-hydrogen) atoms. The highest BCUT2D eigenvalue weighted by Crippen LogP contribution is 2.37. The molecule has 0 atom stereocenters. The summed E-state index contributed by atoms with van der Waals surface area (Å²) in [5.41, 5.74) is 10.9. The smallest absolute Gasteiger partial charge is 0.0541 e. The molecule has 0 aliphatic rings. The zero-order valence-corrected chi connectivity index (χ0v) is 23.8. The average Bonchev–Trinajstić information content (AvgIpc) is 3.58. The Morgan fingerprint density at radius 3 is 1.63 bits per heavy atom. The molecule has 2 aromatic heterocycles. The van der Waals surface area contributed by atoms with Gasteiger partial charge < -0.3 is 9.13 Å². The van der Waals surface area contributed by atoms with Gasteiger partial charge in [0.1, 0.15) is 0 Å². The van der Waals surface area contributed by atoms with Crippen LogP contribution in [0.25, 0.3) is 66.1 Å². The van der Waals surface area contributed by atoms with E-state index in [4.69, 9.17) is 0 Å². The van der Waals surface area contributed by atoms with Crippen LogP contribution in [0.2, 0.25) is 0 Å². The van der Waals surface area contributed by atoms with Crippen molar-refractivity contribution in [2.24, 2.45) is 0 Å². The van der Waals surface area contributed by atoms with Crippen LogP contribution in [0.15, 0.2) is 164 Å². The highest BCUT2D eigenvalue weighted by Gasteiger charge is 2.16. The van der Waals surface area contributed by atoms with Crippen molar-refractivity contribution >= 4 is 43.6 Å². The Hall–Kier alpha value is -5.60. The molecule has 2 heterocycles. The van der Waals surface area contributed by atoms with E-state index in [-0.39, 0.29) is 0 Å². The quantitative estimate of drug-likeness (QED) is 0.182. The summed E-state index contributed by atoms with van der Waals surface area (Å²) in [6.07, 6.45) is 6.87. The van der Waals surface area contributed by atoms with Crippen molar-refractivity contribution in [3.63, 3.8) is 0 Å². The summed E-state index contributed by atoms with van der Waals surface area (Å²) in [5, 5.41) is 5.06. The van der Waals surface area contributed by atoms with E-state index >= 15 is 0 Å². The van der Waals surface area contributed by atoms with Crippen LogP contribution < -0.4 is 0 Å². The van der Waals surface area contributed by atoms with Gasteiger partial charge in [0.25, 0.3) is 0 Å². The Bertz CT molecular complexity index is 2290. The topological polar surface area (TPSA) is 9.86 Å². The van der Waals surface area contributed by atoms with E-state index in [1.807, 2.05) is 12.2 Å². The van der Waals surface area contributed by atoms with Crippen LogP contribution in [0.1, 0.15) is 5.56 Å². The summed E-state index contributed by atoms with van der Waals surface area (Å²) in [7, 11) is 0. The molecule has 6 aromatic carbocycles. The number of para-hydroxylation sites is 3. The molecule has 0 aliphatic heterocycles. The van der Waals surface area contributed by atoms with E-state index in [2.05, 4.69) is 161 Å². The molecule has 0 radical (unpaired) electrons. The van der Waals surface area contributed by atoms with E-state index in [1.165, 1.54) is 60.3 Å². The largest absolute Gasteiger partial charge is 0.309 e. The number of nitrogens with zero attached hydrogens (tertiary/aromatic N) is 2. The Balaban J connectivity index is 1.30. The van der Waals surface area contributed by atoms with Crippen molar-refractivity contribution in [3.05, 3.63) is 170 Å². The summed E-state index contributed by atoms with van der Waals surface area (Å²) >= 11 is 0. The van der Waals surface area contributed by atoms with Gasteiger partial charge in [0.2, 0.25) is 0 Å². The number of allylic oxidation sites excluding steroid dienone is 3. The maximum Gasteiger partial charge on any atom is 0.0541 e. The molecule has 0 saturated heterocycles. The number of rotatable bonds is 6. The predicted molar refractivity (Wildman–Crippen MR) is 184 cm³/mol. The second kappa shape index (κ2) is 10.3. The van der Waals surface area contributed by atoms with Gasteiger partial charge in [0.05, 0.1) is 22.1 Å². The van der Waals surface area contributed by atoms with Gasteiger partial charge >= 0.3 is 0 Å². The van der Waals surface area contributed by atoms with E-state index in [0.29, 0.717) is 0 Å². The summed E-state index contributed by atoms with van der Waals surface area (Å²) in [6.45, 7) is 3.79. The van der Waals surface area contributed by atoms with Crippen LogP contribution in [0.5, 0.6) is 0 Å². The molecular formula is C41H30N2. The lowest BCUT2D eigenvalue weighted by Crippen LogP contribution is -1.98. The van der Waals surface area contributed by atoms with Crippen molar-refractivity contribution in [2.75, 3.05) is 0 Å². The molecule has 2 nitrogen and oxygen atoms in total. The maximum atomic E-state index is 3.79. The molecule has 0 unspecified atom stereocenters. The highest BCUT2D eigenvalue weighted by atomic mass is 15.0. The minimum absolute atomic E-state index is 0.893. The van der Waals surface area contributed by atoms with Crippen LogP contribution in [0.3, 0.4) is 0 Å². The Kier molecular flexibility index (Phi) is 6.05. The predicted octanol–water partition coefficient (Wildman–Crippen LogP) is 10.8. The van der Waals surface area contributed by atoms with E-state index in [9.17, 15) is 0 Å². The fraction of sp³-hybridized carbons (Fsp3) is 0.0244. The van der Waals surface area contributed by atoms with Gasteiger partial charge in [-0.1, -0.05) is 116 Å². The first kappa shape index (κ1) is 25.1. The monoisotopic (exact) mass is 550 g/mol. The molecule has 0 bridgehead atoms. The molecular weight excluding hydrogens is 520 g/mol. The van der Waals surface area contributed by atoms with Crippen LogP contribution >= 0.6 is 0 Å². The number of aromatic nitrogens is 2. The van der Waals surface area contributed by atoms with E-state index in [0.717, 1.165) is 17.8 Å². The zero-order chi connectivity index (χ0) is 28.8. The van der Waals surface area contributed by atoms with Crippen molar-refractivity contribution in [2.45, 2.75) is 6.42 Å². The highest BCUT2D eigenvalue weighted by molar-refractivity contribution is 6.11. The molecule has 8 aromatic rings.